The zero-order chi connectivity index (χ0) is 16.5. The number of benzene rings is 1. The van der Waals surface area contributed by atoms with Crippen molar-refractivity contribution in [3.63, 3.8) is 0 Å². The van der Waals surface area contributed by atoms with Crippen molar-refractivity contribution >= 4 is 23.2 Å². The van der Waals surface area contributed by atoms with Crippen molar-refractivity contribution in [2.24, 2.45) is 5.73 Å². The van der Waals surface area contributed by atoms with Crippen molar-refractivity contribution in [2.45, 2.75) is 39.0 Å². The molecule has 0 heterocycles. The maximum atomic E-state index is 13.3. The van der Waals surface area contributed by atoms with E-state index < -0.39 is 17.5 Å². The summed E-state index contributed by atoms with van der Waals surface area (Å²) in [4.78, 5) is 22.9. The van der Waals surface area contributed by atoms with Crippen LogP contribution in [0.2, 0.25) is 0 Å². The molecule has 7 heteroatoms. The minimum Gasteiger partial charge on any atom is -0.330 e. The molecule has 0 aliphatic carbocycles. The Morgan fingerprint density at radius 1 is 1.00 bits per heavy atom. The molecule has 1 rings (SSSR count). The lowest BCUT2D eigenvalue weighted by molar-refractivity contribution is -0.116. The molecule has 0 saturated carbocycles. The van der Waals surface area contributed by atoms with E-state index in [1.807, 2.05) is 0 Å². The summed E-state index contributed by atoms with van der Waals surface area (Å²) in [5, 5.41) is 4.85. The molecule has 122 valence electrons. The zero-order valence-corrected chi connectivity index (χ0v) is 12.5. The molecule has 2 amide bonds. The molecule has 0 bridgehead atoms. The third-order valence-electron chi connectivity index (χ3n) is 3.00. The van der Waals surface area contributed by atoms with E-state index >= 15 is 0 Å². The van der Waals surface area contributed by atoms with E-state index in [0.29, 0.717) is 13.0 Å². The monoisotopic (exact) mass is 313 g/mol. The van der Waals surface area contributed by atoms with Gasteiger partial charge in [0.1, 0.15) is 0 Å². The number of nitrogens with one attached hydrogen (secondary N) is 2. The lowest BCUT2D eigenvalue weighted by atomic mass is 10.1. The summed E-state index contributed by atoms with van der Waals surface area (Å²) in [6, 6.07) is 1.69. The van der Waals surface area contributed by atoms with Crippen molar-refractivity contribution in [1.29, 1.82) is 0 Å². The number of carbonyl (C=O) groups is 2. The normalized spacial score (nSPS) is 10.4. The summed E-state index contributed by atoms with van der Waals surface area (Å²) in [7, 11) is 0. The molecular formula is C15H21F2N3O2. The Kier molecular flexibility index (Phi) is 7.45. The third-order valence-corrected chi connectivity index (χ3v) is 3.00. The van der Waals surface area contributed by atoms with Gasteiger partial charge in [-0.2, -0.15) is 0 Å². The van der Waals surface area contributed by atoms with Gasteiger partial charge >= 0.3 is 0 Å². The van der Waals surface area contributed by atoms with Gasteiger partial charge in [0.15, 0.2) is 11.6 Å². The molecule has 0 radical (unpaired) electrons. The summed E-state index contributed by atoms with van der Waals surface area (Å²) in [5.74, 6) is -2.94. The molecule has 22 heavy (non-hydrogen) atoms. The molecule has 0 atom stereocenters. The van der Waals surface area contributed by atoms with Crippen molar-refractivity contribution in [3.05, 3.63) is 23.8 Å². The fourth-order valence-corrected chi connectivity index (χ4v) is 1.94. The first-order valence-corrected chi connectivity index (χ1v) is 7.20. The first-order chi connectivity index (χ1) is 10.4. The highest BCUT2D eigenvalue weighted by atomic mass is 19.2. The topological polar surface area (TPSA) is 84.2 Å². The Hall–Kier alpha value is -2.02. The van der Waals surface area contributed by atoms with Crippen LogP contribution in [0.4, 0.5) is 20.2 Å². The number of rotatable bonds is 8. The number of carbonyl (C=O) groups excluding carboxylic acids is 2. The highest BCUT2D eigenvalue weighted by Crippen LogP contribution is 2.25. The first-order valence-electron chi connectivity index (χ1n) is 7.20. The molecule has 0 aliphatic rings. The Balaban J connectivity index is 2.64. The van der Waals surface area contributed by atoms with Crippen LogP contribution in [0.5, 0.6) is 0 Å². The van der Waals surface area contributed by atoms with E-state index in [0.717, 1.165) is 31.4 Å². The minimum absolute atomic E-state index is 0.0304. The van der Waals surface area contributed by atoms with Gasteiger partial charge in [0.2, 0.25) is 11.8 Å². The smallest absolute Gasteiger partial charge is 0.224 e. The van der Waals surface area contributed by atoms with Gasteiger partial charge in [-0.25, -0.2) is 8.78 Å². The first kappa shape index (κ1) is 18.0. The molecule has 0 saturated heterocycles. The van der Waals surface area contributed by atoms with E-state index in [4.69, 9.17) is 5.73 Å². The van der Waals surface area contributed by atoms with Crippen molar-refractivity contribution < 1.29 is 18.4 Å². The van der Waals surface area contributed by atoms with Gasteiger partial charge in [-0.1, -0.05) is 12.8 Å². The molecule has 0 fully saturated rings. The number of hydrogen-bond acceptors (Lipinski definition) is 3. The quantitative estimate of drug-likeness (QED) is 0.645. The van der Waals surface area contributed by atoms with Gasteiger partial charge in [-0.05, 0) is 19.4 Å². The van der Waals surface area contributed by atoms with Gasteiger partial charge in [0.05, 0.1) is 11.4 Å². The lowest BCUT2D eigenvalue weighted by Gasteiger charge is -2.12. The van der Waals surface area contributed by atoms with Crippen LogP contribution in [0.3, 0.4) is 0 Å². The van der Waals surface area contributed by atoms with Gasteiger partial charge in [0, 0.05) is 25.5 Å². The van der Waals surface area contributed by atoms with Crippen LogP contribution < -0.4 is 16.4 Å². The predicted octanol–water partition coefficient (Wildman–Crippen LogP) is 2.77. The average molecular weight is 313 g/mol. The maximum Gasteiger partial charge on any atom is 0.224 e. The second kappa shape index (κ2) is 9.09. The lowest BCUT2D eigenvalue weighted by Crippen LogP contribution is -2.15. The SMILES string of the molecule is CC(=O)Nc1cc(F)c(F)cc1NC(=O)CCCCCCN. The fraction of sp³-hybridized carbons (Fsp3) is 0.467. The average Bonchev–Trinajstić information content (AvgIpc) is 2.43. The van der Waals surface area contributed by atoms with Crippen LogP contribution in [-0.2, 0) is 9.59 Å². The van der Waals surface area contributed by atoms with Crippen LogP contribution in [0.1, 0.15) is 39.0 Å². The van der Waals surface area contributed by atoms with E-state index in [1.54, 1.807) is 0 Å². The predicted molar refractivity (Wildman–Crippen MR) is 81.4 cm³/mol. The summed E-state index contributed by atoms with van der Waals surface area (Å²) in [6.45, 7) is 1.87. The van der Waals surface area contributed by atoms with Crippen LogP contribution in [0.25, 0.3) is 0 Å². The van der Waals surface area contributed by atoms with E-state index in [2.05, 4.69) is 10.6 Å². The van der Waals surface area contributed by atoms with Crippen LogP contribution in [-0.4, -0.2) is 18.4 Å². The van der Waals surface area contributed by atoms with Crippen molar-refractivity contribution in [3.8, 4) is 0 Å². The Bertz CT molecular complexity index is 536. The second-order valence-corrected chi connectivity index (χ2v) is 4.99. The third kappa shape index (κ3) is 6.17. The molecule has 0 spiro atoms. The molecular weight excluding hydrogens is 292 g/mol. The number of halogens is 2. The van der Waals surface area contributed by atoms with Crippen LogP contribution in [0.15, 0.2) is 12.1 Å². The van der Waals surface area contributed by atoms with Gasteiger partial charge in [-0.15, -0.1) is 0 Å². The summed E-state index contributed by atoms with van der Waals surface area (Å²) >= 11 is 0. The molecule has 0 unspecified atom stereocenters. The second-order valence-electron chi connectivity index (χ2n) is 4.99. The van der Waals surface area contributed by atoms with E-state index in [-0.39, 0.29) is 23.7 Å². The van der Waals surface area contributed by atoms with Gasteiger partial charge in [0.25, 0.3) is 0 Å². The number of nitrogens with two attached hydrogens (primary N) is 1. The number of anilines is 2. The summed E-state index contributed by atoms with van der Waals surface area (Å²) < 4.78 is 26.5. The summed E-state index contributed by atoms with van der Waals surface area (Å²) in [5.41, 5.74) is 5.45. The van der Waals surface area contributed by atoms with Crippen LogP contribution >= 0.6 is 0 Å². The van der Waals surface area contributed by atoms with Crippen molar-refractivity contribution in [2.75, 3.05) is 17.2 Å². The minimum atomic E-state index is -1.09. The molecule has 1 aromatic rings. The molecule has 0 aromatic heterocycles. The summed E-state index contributed by atoms with van der Waals surface area (Å²) in [6.07, 6.45) is 3.69. The van der Waals surface area contributed by atoms with Crippen molar-refractivity contribution in [1.82, 2.24) is 0 Å². The Labute approximate surface area is 128 Å². The molecule has 0 aliphatic heterocycles. The van der Waals surface area contributed by atoms with Gasteiger partial charge in [-0.3, -0.25) is 9.59 Å². The Morgan fingerprint density at radius 2 is 1.55 bits per heavy atom. The van der Waals surface area contributed by atoms with Gasteiger partial charge < -0.3 is 16.4 Å². The highest BCUT2D eigenvalue weighted by Gasteiger charge is 2.13. The zero-order valence-electron chi connectivity index (χ0n) is 12.5. The highest BCUT2D eigenvalue weighted by molar-refractivity contribution is 5.98. The van der Waals surface area contributed by atoms with Crippen LogP contribution in [0, 0.1) is 11.6 Å². The molecule has 1 aromatic carbocycles. The molecule has 4 N–H and O–H groups in total. The number of amides is 2. The molecule has 5 nitrogen and oxygen atoms in total. The largest absolute Gasteiger partial charge is 0.330 e. The number of unbranched alkanes of at least 4 members (excludes halogenated alkanes) is 3. The standard InChI is InChI=1S/C15H21F2N3O2/c1-10(21)19-13-8-11(16)12(17)9-14(13)20-15(22)6-4-2-3-5-7-18/h8-9H,2-7,18H2,1H3,(H,19,21)(H,20,22). The maximum absolute atomic E-state index is 13.3. The Morgan fingerprint density at radius 3 is 2.09 bits per heavy atom. The van der Waals surface area contributed by atoms with E-state index in [1.165, 1.54) is 6.92 Å². The fourth-order valence-electron chi connectivity index (χ4n) is 1.94. The number of hydrogen-bond donors (Lipinski definition) is 3. The van der Waals surface area contributed by atoms with E-state index in [9.17, 15) is 18.4 Å².